The van der Waals surface area contributed by atoms with Gasteiger partial charge in [-0.2, -0.15) is 5.10 Å². The predicted molar refractivity (Wildman–Crippen MR) is 68.3 cm³/mol. The summed E-state index contributed by atoms with van der Waals surface area (Å²) in [5, 5.41) is 4.29. The molecule has 2 rings (SSSR count). The van der Waals surface area contributed by atoms with Crippen LogP contribution in [0.3, 0.4) is 0 Å². The van der Waals surface area contributed by atoms with Crippen LogP contribution >= 0.6 is 0 Å². The first-order valence-corrected chi connectivity index (χ1v) is 6.34. The molecule has 0 saturated heterocycles. The zero-order valence-electron chi connectivity index (χ0n) is 11.8. The highest BCUT2D eigenvalue weighted by Gasteiger charge is 2.43. The second kappa shape index (κ2) is 5.71. The summed E-state index contributed by atoms with van der Waals surface area (Å²) in [6, 6.07) is 0. The summed E-state index contributed by atoms with van der Waals surface area (Å²) in [6.45, 7) is 4.71. The van der Waals surface area contributed by atoms with Crippen molar-refractivity contribution < 1.29 is 19.0 Å². The van der Waals surface area contributed by atoms with Gasteiger partial charge in [-0.25, -0.2) is 0 Å². The topological polar surface area (TPSA) is 62.6 Å². The standard InChI is InChI=1S/C13H20N2O4/c1-8-12(9(2)15(3)14-8)19-11-7-10(16)13(11)18-6-5-17-4/h11,13H,5-7H2,1-4H3. The molecule has 106 valence electrons. The lowest BCUT2D eigenvalue weighted by atomic mass is 9.90. The van der Waals surface area contributed by atoms with Crippen molar-refractivity contribution in [3.63, 3.8) is 0 Å². The fourth-order valence-electron chi connectivity index (χ4n) is 2.11. The van der Waals surface area contributed by atoms with Crippen LogP contribution in [0.25, 0.3) is 0 Å². The number of aromatic nitrogens is 2. The number of carbonyl (C=O) groups excluding carboxylic acids is 1. The van der Waals surface area contributed by atoms with Gasteiger partial charge in [0.15, 0.2) is 17.6 Å². The Bertz CT molecular complexity index is 469. The zero-order chi connectivity index (χ0) is 14.0. The van der Waals surface area contributed by atoms with Crippen molar-refractivity contribution in [3.05, 3.63) is 11.4 Å². The number of aryl methyl sites for hydroxylation is 2. The van der Waals surface area contributed by atoms with Gasteiger partial charge in [-0.15, -0.1) is 0 Å². The Morgan fingerprint density at radius 1 is 1.37 bits per heavy atom. The average molecular weight is 268 g/mol. The van der Waals surface area contributed by atoms with E-state index in [4.69, 9.17) is 14.2 Å². The number of nitrogens with zero attached hydrogens (tertiary/aromatic N) is 2. The molecule has 1 fully saturated rings. The Morgan fingerprint density at radius 2 is 2.11 bits per heavy atom. The van der Waals surface area contributed by atoms with Crippen LogP contribution in [0.15, 0.2) is 0 Å². The quantitative estimate of drug-likeness (QED) is 0.714. The highest BCUT2D eigenvalue weighted by atomic mass is 16.6. The summed E-state index contributed by atoms with van der Waals surface area (Å²) < 4.78 is 18.0. The molecule has 1 saturated carbocycles. The van der Waals surface area contributed by atoms with E-state index >= 15 is 0 Å². The molecular formula is C13H20N2O4. The molecular weight excluding hydrogens is 248 g/mol. The van der Waals surface area contributed by atoms with Crippen molar-refractivity contribution in [1.82, 2.24) is 9.78 Å². The van der Waals surface area contributed by atoms with E-state index in [2.05, 4.69) is 5.10 Å². The van der Waals surface area contributed by atoms with Crippen LogP contribution in [0.1, 0.15) is 17.8 Å². The average Bonchev–Trinajstić information content (AvgIpc) is 2.60. The van der Waals surface area contributed by atoms with Crippen LogP contribution < -0.4 is 4.74 Å². The minimum absolute atomic E-state index is 0.0836. The van der Waals surface area contributed by atoms with Crippen molar-refractivity contribution in [2.45, 2.75) is 32.5 Å². The minimum atomic E-state index is -0.478. The van der Waals surface area contributed by atoms with E-state index in [9.17, 15) is 4.79 Å². The molecule has 19 heavy (non-hydrogen) atoms. The normalized spacial score (nSPS) is 22.4. The van der Waals surface area contributed by atoms with Gasteiger partial charge in [0.25, 0.3) is 0 Å². The summed E-state index contributed by atoms with van der Waals surface area (Å²) in [4.78, 5) is 11.5. The first kappa shape index (κ1) is 14.0. The van der Waals surface area contributed by atoms with Crippen LogP contribution in [-0.4, -0.2) is 48.1 Å². The van der Waals surface area contributed by atoms with E-state index in [0.29, 0.717) is 19.6 Å². The predicted octanol–water partition coefficient (Wildman–Crippen LogP) is 0.789. The zero-order valence-corrected chi connectivity index (χ0v) is 11.8. The minimum Gasteiger partial charge on any atom is -0.483 e. The van der Waals surface area contributed by atoms with E-state index in [1.54, 1.807) is 11.8 Å². The van der Waals surface area contributed by atoms with Crippen molar-refractivity contribution in [3.8, 4) is 5.75 Å². The molecule has 1 aliphatic carbocycles. The molecule has 2 atom stereocenters. The van der Waals surface area contributed by atoms with Gasteiger partial charge in [0, 0.05) is 20.6 Å². The summed E-state index contributed by atoms with van der Waals surface area (Å²) in [5.74, 6) is 0.834. The summed E-state index contributed by atoms with van der Waals surface area (Å²) in [7, 11) is 3.47. The molecule has 0 amide bonds. The van der Waals surface area contributed by atoms with Crippen LogP contribution in [0.4, 0.5) is 0 Å². The second-order valence-corrected chi connectivity index (χ2v) is 4.73. The van der Waals surface area contributed by atoms with E-state index in [0.717, 1.165) is 17.1 Å². The van der Waals surface area contributed by atoms with Gasteiger partial charge in [0.05, 0.1) is 18.9 Å². The van der Waals surface area contributed by atoms with Crippen LogP contribution in [0, 0.1) is 13.8 Å². The number of ether oxygens (including phenoxy) is 3. The van der Waals surface area contributed by atoms with Crippen molar-refractivity contribution in [2.24, 2.45) is 7.05 Å². The number of rotatable bonds is 6. The van der Waals surface area contributed by atoms with Crippen LogP contribution in [0.5, 0.6) is 5.75 Å². The molecule has 0 N–H and O–H groups in total. The van der Waals surface area contributed by atoms with Gasteiger partial charge < -0.3 is 14.2 Å². The van der Waals surface area contributed by atoms with E-state index in [-0.39, 0.29) is 11.9 Å². The number of methoxy groups -OCH3 is 1. The van der Waals surface area contributed by atoms with Gasteiger partial charge in [-0.1, -0.05) is 0 Å². The lowest BCUT2D eigenvalue weighted by molar-refractivity contribution is -0.156. The Kier molecular flexibility index (Phi) is 4.21. The number of carbonyl (C=O) groups is 1. The highest BCUT2D eigenvalue weighted by Crippen LogP contribution is 2.29. The molecule has 0 spiro atoms. The Morgan fingerprint density at radius 3 is 2.63 bits per heavy atom. The maximum atomic E-state index is 11.5. The molecule has 0 aliphatic heterocycles. The third-order valence-corrected chi connectivity index (χ3v) is 3.35. The SMILES string of the molecule is COCCOC1C(=O)CC1Oc1c(C)nn(C)c1C. The molecule has 1 aliphatic rings. The Hall–Kier alpha value is -1.40. The fourth-order valence-corrected chi connectivity index (χ4v) is 2.11. The summed E-state index contributed by atoms with van der Waals surface area (Å²) >= 11 is 0. The maximum absolute atomic E-state index is 11.5. The maximum Gasteiger partial charge on any atom is 0.169 e. The monoisotopic (exact) mass is 268 g/mol. The van der Waals surface area contributed by atoms with Crippen molar-refractivity contribution in [1.29, 1.82) is 0 Å². The molecule has 0 bridgehead atoms. The smallest absolute Gasteiger partial charge is 0.169 e. The largest absolute Gasteiger partial charge is 0.483 e. The molecule has 6 nitrogen and oxygen atoms in total. The summed E-state index contributed by atoms with van der Waals surface area (Å²) in [6.07, 6.45) is -0.300. The molecule has 2 unspecified atom stereocenters. The van der Waals surface area contributed by atoms with Gasteiger partial charge in [0.2, 0.25) is 0 Å². The summed E-state index contributed by atoms with van der Waals surface area (Å²) in [5.41, 5.74) is 1.78. The van der Waals surface area contributed by atoms with E-state index in [1.165, 1.54) is 0 Å². The number of hydrogen-bond donors (Lipinski definition) is 0. The highest BCUT2D eigenvalue weighted by molar-refractivity contribution is 5.90. The van der Waals surface area contributed by atoms with E-state index in [1.807, 2.05) is 20.9 Å². The number of ketones is 1. The lowest BCUT2D eigenvalue weighted by Crippen LogP contribution is -2.52. The molecule has 1 aromatic rings. The molecule has 0 aromatic carbocycles. The Balaban J connectivity index is 1.97. The lowest BCUT2D eigenvalue weighted by Gasteiger charge is -2.34. The molecule has 1 heterocycles. The van der Waals surface area contributed by atoms with Gasteiger partial charge in [-0.05, 0) is 13.8 Å². The first-order chi connectivity index (χ1) is 9.04. The fraction of sp³-hybridized carbons (Fsp3) is 0.692. The van der Waals surface area contributed by atoms with Gasteiger partial charge in [0.1, 0.15) is 11.8 Å². The van der Waals surface area contributed by atoms with Crippen molar-refractivity contribution >= 4 is 5.78 Å². The van der Waals surface area contributed by atoms with Crippen molar-refractivity contribution in [2.75, 3.05) is 20.3 Å². The number of Topliss-reactive ketones (excluding diaryl/α,β-unsaturated/α-hetero) is 1. The van der Waals surface area contributed by atoms with Crippen LogP contribution in [0.2, 0.25) is 0 Å². The third kappa shape index (κ3) is 2.79. The van der Waals surface area contributed by atoms with Gasteiger partial charge >= 0.3 is 0 Å². The second-order valence-electron chi connectivity index (χ2n) is 4.73. The number of hydrogen-bond acceptors (Lipinski definition) is 5. The van der Waals surface area contributed by atoms with Gasteiger partial charge in [-0.3, -0.25) is 9.48 Å². The molecule has 1 aromatic heterocycles. The van der Waals surface area contributed by atoms with Crippen LogP contribution in [-0.2, 0) is 21.3 Å². The third-order valence-electron chi connectivity index (χ3n) is 3.35. The first-order valence-electron chi connectivity index (χ1n) is 6.34. The van der Waals surface area contributed by atoms with E-state index < -0.39 is 6.10 Å². The molecule has 6 heteroatoms. The molecule has 0 radical (unpaired) electrons. The Labute approximate surface area is 112 Å².